The number of hydrogen-bond donors (Lipinski definition) is 3. The molecule has 1 amide bonds. The smallest absolute Gasteiger partial charge is 0.351 e. The van der Waals surface area contributed by atoms with Crippen molar-refractivity contribution in [2.45, 2.75) is 148 Å². The van der Waals surface area contributed by atoms with Crippen LogP contribution in [0.3, 0.4) is 0 Å². The predicted octanol–water partition coefficient (Wildman–Crippen LogP) is 4.12. The summed E-state index contributed by atoms with van der Waals surface area (Å²) in [5.74, 6) is -6.69. The third kappa shape index (κ3) is 11.0. The molecule has 0 spiro atoms. The molecule has 0 saturated carbocycles. The molecule has 1 aromatic heterocycles. The highest BCUT2D eigenvalue weighted by Gasteiger charge is 2.56. The van der Waals surface area contributed by atoms with E-state index in [-0.39, 0.29) is 55.5 Å². The Balaban J connectivity index is 1.66. The van der Waals surface area contributed by atoms with Crippen LogP contribution in [0, 0.1) is 23.6 Å². The summed E-state index contributed by atoms with van der Waals surface area (Å²) < 4.78 is 65.4. The van der Waals surface area contributed by atoms with Crippen molar-refractivity contribution in [3.63, 3.8) is 0 Å². The number of aliphatic imine (C=N–C) groups is 1. The first-order valence-corrected chi connectivity index (χ1v) is 21.3. The molecule has 0 radical (unpaired) electrons. The number of halogens is 2. The standard InChI is InChI=1S/C44H64F2N6O11/c1-12-33-44(9,57)39-25(4)35(48-27(6)53)23(2)19-42(7,59-22-29(21-58-39)50-60-20-28-13-14-30(18-31(28)45)52-16-15-34(47)49-52)38(26(5)37(55)43(8,46)41(56)62-33)63-40-36(54)32(51(10)11)17-24(3)61-40/h13-16,18,23-26,32-33,36,38-40,54,57H,12,17,19-22H2,1-11H3,(H2,47,49)/b48-35?,50-29+/t23-,24-,25+,26+,32+,33-,36-,38-,39+,40+,42-,43+,44-/m1/s1. The van der Waals surface area contributed by atoms with E-state index < -0.39 is 101 Å². The van der Waals surface area contributed by atoms with Crippen molar-refractivity contribution in [1.29, 1.82) is 0 Å². The van der Waals surface area contributed by atoms with Crippen LogP contribution in [0.25, 0.3) is 5.69 Å². The van der Waals surface area contributed by atoms with E-state index >= 15 is 8.78 Å². The molecular weight excluding hydrogens is 827 g/mol. The van der Waals surface area contributed by atoms with E-state index in [0.717, 1.165) is 6.92 Å². The maximum atomic E-state index is 16.9. The Morgan fingerprint density at radius 1 is 1.11 bits per heavy atom. The van der Waals surface area contributed by atoms with Crippen molar-refractivity contribution < 1.29 is 61.9 Å². The van der Waals surface area contributed by atoms with Gasteiger partial charge in [-0.1, -0.05) is 38.9 Å². The fourth-order valence-corrected chi connectivity index (χ4v) is 9.08. The van der Waals surface area contributed by atoms with Gasteiger partial charge in [0.2, 0.25) is 5.91 Å². The number of aromatic nitrogens is 2. The quantitative estimate of drug-likeness (QED) is 0.193. The minimum absolute atomic E-state index is 0.0445. The number of anilines is 1. The molecule has 13 atom stereocenters. The second-order valence-corrected chi connectivity index (χ2v) is 18.0. The van der Waals surface area contributed by atoms with Crippen LogP contribution in [0.15, 0.2) is 40.6 Å². The van der Waals surface area contributed by atoms with Gasteiger partial charge >= 0.3 is 5.97 Å². The van der Waals surface area contributed by atoms with Crippen molar-refractivity contribution in [1.82, 2.24) is 14.7 Å². The first-order chi connectivity index (χ1) is 29.4. The molecule has 5 rings (SSSR count). The molecule has 0 aliphatic carbocycles. The summed E-state index contributed by atoms with van der Waals surface area (Å²) in [5.41, 5.74) is -0.309. The summed E-state index contributed by atoms with van der Waals surface area (Å²) in [6.07, 6.45) is -5.27. The lowest BCUT2D eigenvalue weighted by molar-refractivity contribution is -0.296. The van der Waals surface area contributed by atoms with Crippen LogP contribution >= 0.6 is 0 Å². The third-order valence-electron chi connectivity index (χ3n) is 12.5. The van der Waals surface area contributed by atoms with E-state index in [0.29, 0.717) is 12.1 Å². The summed E-state index contributed by atoms with van der Waals surface area (Å²) in [4.78, 5) is 53.1. The fraction of sp³-hybridized carbons (Fsp3) is 0.682. The van der Waals surface area contributed by atoms with E-state index in [1.165, 1.54) is 37.6 Å². The van der Waals surface area contributed by atoms with E-state index in [1.807, 2.05) is 11.8 Å². The number of amides is 1. The van der Waals surface area contributed by atoms with Gasteiger partial charge < -0.3 is 49.4 Å². The average Bonchev–Trinajstić information content (AvgIpc) is 3.65. The number of hydrogen-bond acceptors (Lipinski definition) is 15. The van der Waals surface area contributed by atoms with Gasteiger partial charge in [-0.15, -0.1) is 0 Å². The summed E-state index contributed by atoms with van der Waals surface area (Å²) in [6, 6.07) is 5.54. The highest BCUT2D eigenvalue weighted by molar-refractivity contribution is 6.08. The monoisotopic (exact) mass is 890 g/mol. The van der Waals surface area contributed by atoms with Crippen molar-refractivity contribution in [2.75, 3.05) is 33.0 Å². The number of cyclic esters (lactones) is 1. The van der Waals surface area contributed by atoms with Crippen molar-refractivity contribution in [2.24, 2.45) is 27.9 Å². The normalized spacial score (nSPS) is 37.6. The Bertz CT molecular complexity index is 2030. The van der Waals surface area contributed by atoms with Gasteiger partial charge in [-0.2, -0.15) is 5.10 Å². The fourth-order valence-electron chi connectivity index (χ4n) is 9.08. The summed E-state index contributed by atoms with van der Waals surface area (Å²) >= 11 is 0. The van der Waals surface area contributed by atoms with Gasteiger partial charge in [0.25, 0.3) is 5.67 Å². The summed E-state index contributed by atoms with van der Waals surface area (Å²) in [7, 11) is 3.59. The van der Waals surface area contributed by atoms with Gasteiger partial charge in [-0.05, 0) is 79.1 Å². The number of rotatable bonds is 8. The number of likely N-dealkylation sites (N-methyl/N-ethyl adjacent to an activating group) is 1. The highest BCUT2D eigenvalue weighted by atomic mass is 19.1. The maximum absolute atomic E-state index is 16.9. The van der Waals surface area contributed by atoms with Crippen LogP contribution < -0.4 is 5.73 Å². The topological polar surface area (TPSA) is 219 Å². The van der Waals surface area contributed by atoms with E-state index in [2.05, 4.69) is 15.2 Å². The number of alkyl halides is 1. The van der Waals surface area contributed by atoms with Crippen LogP contribution in [-0.4, -0.2) is 141 Å². The number of ether oxygens (including phenoxy) is 5. The molecule has 350 valence electrons. The Labute approximate surface area is 367 Å². The average molecular weight is 891 g/mol. The third-order valence-corrected chi connectivity index (χ3v) is 12.5. The molecule has 4 N–H and O–H groups in total. The number of Topliss-reactive ketones (excluding diaryl/α,β-unsaturated/α-hetero) is 1. The maximum Gasteiger partial charge on any atom is 0.351 e. The number of nitrogens with two attached hydrogens (primary N) is 1. The number of nitrogen functional groups attached to an aromatic ring is 1. The van der Waals surface area contributed by atoms with E-state index in [9.17, 15) is 24.6 Å². The first-order valence-electron chi connectivity index (χ1n) is 21.3. The zero-order valence-electron chi connectivity index (χ0n) is 38.0. The molecule has 3 saturated heterocycles. The molecule has 17 nitrogen and oxygen atoms in total. The molecule has 2 aromatic rings. The molecule has 0 unspecified atom stereocenters. The number of fused-ring (bicyclic) bond motifs is 5. The lowest BCUT2D eigenvalue weighted by Crippen LogP contribution is -2.61. The first kappa shape index (κ1) is 49.8. The molecule has 2 bridgehead atoms. The number of nitrogens with zero attached hydrogens (tertiary/aromatic N) is 5. The number of carbonyl (C=O) groups is 3. The van der Waals surface area contributed by atoms with Gasteiger partial charge in [0.15, 0.2) is 12.1 Å². The van der Waals surface area contributed by atoms with Gasteiger partial charge in [0.1, 0.15) is 41.8 Å². The second kappa shape index (κ2) is 19.9. The van der Waals surface area contributed by atoms with Crippen LogP contribution in [0.2, 0.25) is 0 Å². The molecule has 19 heteroatoms. The zero-order valence-corrected chi connectivity index (χ0v) is 38.0. The number of esters is 1. The number of aliphatic hydroxyl groups excluding tert-OH is 1. The van der Waals surface area contributed by atoms with Gasteiger partial charge in [-0.25, -0.2) is 23.2 Å². The van der Waals surface area contributed by atoms with E-state index in [1.54, 1.807) is 60.1 Å². The molecule has 4 heterocycles. The van der Waals surface area contributed by atoms with Crippen molar-refractivity contribution in [3.8, 4) is 5.69 Å². The Morgan fingerprint density at radius 2 is 1.81 bits per heavy atom. The summed E-state index contributed by atoms with van der Waals surface area (Å²) in [6.45, 7) is 12.2. The molecule has 1 aromatic carbocycles. The molecule has 3 aliphatic heterocycles. The zero-order chi connectivity index (χ0) is 46.8. The largest absolute Gasteiger partial charge is 0.457 e. The van der Waals surface area contributed by atoms with E-state index in [4.69, 9.17) is 34.3 Å². The van der Waals surface area contributed by atoms with Crippen LogP contribution in [0.5, 0.6) is 0 Å². The number of aliphatic hydroxyl groups is 2. The van der Waals surface area contributed by atoms with Gasteiger partial charge in [-0.3, -0.25) is 9.59 Å². The Kier molecular flexibility index (Phi) is 15.7. The minimum Gasteiger partial charge on any atom is -0.457 e. The van der Waals surface area contributed by atoms with Crippen molar-refractivity contribution >= 4 is 34.9 Å². The summed E-state index contributed by atoms with van der Waals surface area (Å²) in [5, 5.41) is 32.5. The molecule has 63 heavy (non-hydrogen) atoms. The van der Waals surface area contributed by atoms with Crippen LogP contribution in [0.1, 0.15) is 87.1 Å². The van der Waals surface area contributed by atoms with Gasteiger partial charge in [0.05, 0.1) is 42.8 Å². The lowest BCUT2D eigenvalue weighted by atomic mass is 9.73. The number of benzene rings is 1. The Hall–Kier alpha value is -4.24. The van der Waals surface area contributed by atoms with Crippen LogP contribution in [-0.2, 0) is 49.5 Å². The number of oxime groups is 1. The molecule has 3 fully saturated rings. The second-order valence-electron chi connectivity index (χ2n) is 18.0. The van der Waals surface area contributed by atoms with Gasteiger partial charge in [0, 0.05) is 48.3 Å². The van der Waals surface area contributed by atoms with Crippen LogP contribution in [0.4, 0.5) is 14.6 Å². The SMILES string of the molecule is CC[C@H]1OC(=O)[C@@](C)(F)C(=O)[C@H](C)[C@@H](O[C@@H]2O[C@H](C)C[C@H](N(C)C)[C@H]2O)[C@@]2(C)C[C@@H](C)C(=NC(C)=O)[C@H](C)[C@H](OC/C(=N\OCc3ccc(-n4ccc(N)n4)cc3F)CO2)[C@]1(C)O. The lowest BCUT2D eigenvalue weighted by Gasteiger charge is -2.47. The predicted molar refractivity (Wildman–Crippen MR) is 227 cm³/mol. The highest BCUT2D eigenvalue weighted by Crippen LogP contribution is 2.41. The number of ketones is 1. The number of carbonyl (C=O) groups excluding carboxylic acids is 3. The van der Waals surface area contributed by atoms with Crippen molar-refractivity contribution in [3.05, 3.63) is 41.8 Å². The Morgan fingerprint density at radius 3 is 2.41 bits per heavy atom. The molecular formula is C44H64F2N6O11. The minimum atomic E-state index is -3.25. The molecule has 3 aliphatic rings.